The highest BCUT2D eigenvalue weighted by Crippen LogP contribution is 2.28. The average Bonchev–Trinajstić information content (AvgIpc) is 3.15. The average molecular weight is 574 g/mol. The van der Waals surface area contributed by atoms with Gasteiger partial charge in [0.25, 0.3) is 5.91 Å². The maximum Gasteiger partial charge on any atom is 0.328 e. The Morgan fingerprint density at radius 3 is 2.26 bits per heavy atom. The lowest BCUT2D eigenvalue weighted by Crippen LogP contribution is -2.36. The van der Waals surface area contributed by atoms with Crippen molar-refractivity contribution in [2.45, 2.75) is 13.8 Å². The number of anilines is 2. The Balaban J connectivity index is 1.65. The van der Waals surface area contributed by atoms with Gasteiger partial charge in [-0.1, -0.05) is 57.3 Å². The van der Waals surface area contributed by atoms with Gasteiger partial charge in [0.2, 0.25) is 0 Å². The Morgan fingerprint density at radius 1 is 0.857 bits per heavy atom. The number of aryl methyl sites for hydroxylation is 2. The molecule has 0 spiro atoms. The topological polar surface area (TPSA) is 92.2 Å². The predicted octanol–water partition coefficient (Wildman–Crippen LogP) is 6.29. The van der Waals surface area contributed by atoms with E-state index in [1.165, 1.54) is 10.7 Å². The van der Waals surface area contributed by atoms with E-state index in [0.717, 1.165) is 15.6 Å². The highest BCUT2D eigenvalue weighted by atomic mass is 79.9. The number of fused-ring (bicyclic) bond motifs is 1. The molecule has 0 aliphatic rings. The Morgan fingerprint density at radius 2 is 1.57 bits per heavy atom. The molecule has 7 nitrogen and oxygen atoms in total. The van der Waals surface area contributed by atoms with Crippen molar-refractivity contribution < 1.29 is 14.4 Å². The molecule has 0 fully saturated rings. The fraction of sp³-hybridized carbons (Fsp3) is 0.0800. The van der Waals surface area contributed by atoms with E-state index in [9.17, 15) is 14.4 Å². The number of hydrogen-bond donors (Lipinski definition) is 3. The van der Waals surface area contributed by atoms with Gasteiger partial charge in [0.05, 0.1) is 16.2 Å². The largest absolute Gasteiger partial charge is 0.328 e. The van der Waals surface area contributed by atoms with Gasteiger partial charge in [0, 0.05) is 20.6 Å². The molecule has 0 atom stereocenters. The van der Waals surface area contributed by atoms with Crippen LogP contribution in [-0.2, 0) is 9.59 Å². The molecule has 10 heteroatoms. The van der Waals surface area contributed by atoms with E-state index in [4.69, 9.17) is 23.2 Å². The molecule has 0 radical (unpaired) electrons. The SMILES string of the molecule is Cc1cccc(C)c1NC(=O)C(=O)Nn1c(C(=O)Nc2ccc(Cl)cc2Cl)cc2cc(Br)ccc21. The van der Waals surface area contributed by atoms with Crippen molar-refractivity contribution >= 4 is 79.1 Å². The first-order valence-electron chi connectivity index (χ1n) is 10.4. The molecule has 3 N–H and O–H groups in total. The summed E-state index contributed by atoms with van der Waals surface area (Å²) in [4.78, 5) is 38.7. The van der Waals surface area contributed by atoms with Crippen LogP contribution in [0, 0.1) is 13.8 Å². The predicted molar refractivity (Wildman–Crippen MR) is 143 cm³/mol. The van der Waals surface area contributed by atoms with Gasteiger partial charge in [-0.3, -0.25) is 19.8 Å². The summed E-state index contributed by atoms with van der Waals surface area (Å²) in [6.07, 6.45) is 0. The summed E-state index contributed by atoms with van der Waals surface area (Å²) in [6.45, 7) is 3.67. The molecule has 3 aromatic carbocycles. The fourth-order valence-corrected chi connectivity index (χ4v) is 4.42. The van der Waals surface area contributed by atoms with Crippen molar-refractivity contribution in [1.82, 2.24) is 4.68 Å². The zero-order valence-electron chi connectivity index (χ0n) is 18.6. The first kappa shape index (κ1) is 24.8. The second-order valence-electron chi connectivity index (χ2n) is 7.81. The van der Waals surface area contributed by atoms with Crippen LogP contribution in [0.15, 0.2) is 65.1 Å². The lowest BCUT2D eigenvalue weighted by molar-refractivity contribution is -0.133. The van der Waals surface area contributed by atoms with Crippen LogP contribution < -0.4 is 16.1 Å². The second kappa shape index (κ2) is 10.1. The molecule has 35 heavy (non-hydrogen) atoms. The number of carbonyl (C=O) groups is 3. The van der Waals surface area contributed by atoms with Crippen molar-refractivity contribution in [3.05, 3.63) is 92.0 Å². The molecular formula is C25H19BrCl2N4O3. The Kier molecular flexibility index (Phi) is 7.16. The molecule has 1 aromatic heterocycles. The summed E-state index contributed by atoms with van der Waals surface area (Å²) in [6, 6.07) is 17.1. The van der Waals surface area contributed by atoms with Gasteiger partial charge in [-0.15, -0.1) is 0 Å². The van der Waals surface area contributed by atoms with Crippen molar-refractivity contribution in [3.63, 3.8) is 0 Å². The minimum atomic E-state index is -0.938. The quantitative estimate of drug-likeness (QED) is 0.251. The van der Waals surface area contributed by atoms with E-state index in [0.29, 0.717) is 27.3 Å². The molecular weight excluding hydrogens is 555 g/mol. The summed E-state index contributed by atoms with van der Waals surface area (Å²) in [7, 11) is 0. The number of carbonyl (C=O) groups excluding carboxylic acids is 3. The van der Waals surface area contributed by atoms with Crippen molar-refractivity contribution in [2.24, 2.45) is 0 Å². The highest BCUT2D eigenvalue weighted by Gasteiger charge is 2.22. The summed E-state index contributed by atoms with van der Waals surface area (Å²) in [5.41, 5.74) is 5.70. The molecule has 0 unspecified atom stereocenters. The summed E-state index contributed by atoms with van der Waals surface area (Å²) < 4.78 is 2.06. The lowest BCUT2D eigenvalue weighted by atomic mass is 10.1. The monoisotopic (exact) mass is 572 g/mol. The van der Waals surface area contributed by atoms with E-state index in [1.807, 2.05) is 32.0 Å². The number of rotatable bonds is 4. The van der Waals surface area contributed by atoms with Crippen molar-refractivity contribution in [3.8, 4) is 0 Å². The van der Waals surface area contributed by atoms with Crippen LogP contribution in [0.1, 0.15) is 21.6 Å². The number of nitrogens with zero attached hydrogens (tertiary/aromatic N) is 1. The van der Waals surface area contributed by atoms with E-state index in [2.05, 4.69) is 32.0 Å². The molecule has 0 aliphatic heterocycles. The Bertz CT molecular complexity index is 1480. The summed E-state index contributed by atoms with van der Waals surface area (Å²) in [5, 5.41) is 6.71. The molecule has 3 amide bonds. The van der Waals surface area contributed by atoms with E-state index in [1.54, 1.807) is 36.4 Å². The second-order valence-corrected chi connectivity index (χ2v) is 9.57. The van der Waals surface area contributed by atoms with Crippen LogP contribution in [0.5, 0.6) is 0 Å². The number of para-hydroxylation sites is 1. The molecule has 0 saturated heterocycles. The van der Waals surface area contributed by atoms with Crippen LogP contribution in [0.25, 0.3) is 10.9 Å². The van der Waals surface area contributed by atoms with Gasteiger partial charge in [-0.2, -0.15) is 0 Å². The zero-order valence-corrected chi connectivity index (χ0v) is 21.7. The van der Waals surface area contributed by atoms with Gasteiger partial charge < -0.3 is 10.6 Å². The van der Waals surface area contributed by atoms with E-state index >= 15 is 0 Å². The lowest BCUT2D eigenvalue weighted by Gasteiger charge is -2.14. The Labute approximate surface area is 219 Å². The Hall–Kier alpha value is -3.33. The van der Waals surface area contributed by atoms with Gasteiger partial charge in [-0.25, -0.2) is 4.68 Å². The minimum Gasteiger partial charge on any atom is -0.319 e. The highest BCUT2D eigenvalue weighted by molar-refractivity contribution is 9.10. The van der Waals surface area contributed by atoms with Gasteiger partial charge in [-0.05, 0) is 67.4 Å². The molecule has 0 bridgehead atoms. The summed E-state index contributed by atoms with van der Waals surface area (Å²) in [5.74, 6) is -2.35. The first-order chi connectivity index (χ1) is 16.6. The van der Waals surface area contributed by atoms with Crippen LogP contribution >= 0.6 is 39.1 Å². The number of aromatic nitrogens is 1. The fourth-order valence-electron chi connectivity index (χ4n) is 3.59. The maximum atomic E-state index is 13.2. The van der Waals surface area contributed by atoms with Crippen LogP contribution in [0.4, 0.5) is 11.4 Å². The van der Waals surface area contributed by atoms with Gasteiger partial charge in [0.1, 0.15) is 5.69 Å². The third kappa shape index (κ3) is 5.35. The maximum absolute atomic E-state index is 13.2. The number of halogens is 3. The molecule has 4 aromatic rings. The number of amides is 3. The minimum absolute atomic E-state index is 0.0948. The summed E-state index contributed by atoms with van der Waals surface area (Å²) >= 11 is 15.5. The molecule has 0 saturated carbocycles. The zero-order chi connectivity index (χ0) is 25.3. The normalized spacial score (nSPS) is 10.8. The van der Waals surface area contributed by atoms with E-state index < -0.39 is 17.7 Å². The standard InChI is InChI=1S/C25H19BrCl2N4O3/c1-13-4-3-5-14(2)22(13)30-24(34)25(35)31-32-20-9-6-16(26)10-15(20)11-21(32)23(33)29-19-8-7-17(27)12-18(19)28/h3-12H,1-2H3,(H,29,33)(H,30,34)(H,31,35). The van der Waals surface area contributed by atoms with Gasteiger partial charge >= 0.3 is 11.8 Å². The third-order valence-corrected chi connectivity index (χ3v) is 6.36. The number of nitrogens with one attached hydrogen (secondary N) is 3. The molecule has 0 aliphatic carbocycles. The third-order valence-electron chi connectivity index (χ3n) is 5.31. The van der Waals surface area contributed by atoms with Crippen LogP contribution in [-0.4, -0.2) is 22.4 Å². The van der Waals surface area contributed by atoms with Crippen molar-refractivity contribution in [2.75, 3.05) is 16.1 Å². The smallest absolute Gasteiger partial charge is 0.319 e. The molecule has 4 rings (SSSR count). The first-order valence-corrected chi connectivity index (χ1v) is 11.9. The number of hydrogen-bond acceptors (Lipinski definition) is 3. The molecule has 178 valence electrons. The van der Waals surface area contributed by atoms with Crippen LogP contribution in [0.3, 0.4) is 0 Å². The van der Waals surface area contributed by atoms with Crippen LogP contribution in [0.2, 0.25) is 10.0 Å². The van der Waals surface area contributed by atoms with Crippen molar-refractivity contribution in [1.29, 1.82) is 0 Å². The van der Waals surface area contributed by atoms with Gasteiger partial charge in [0.15, 0.2) is 0 Å². The number of benzene rings is 3. The van der Waals surface area contributed by atoms with E-state index in [-0.39, 0.29) is 10.7 Å². The molecule has 1 heterocycles.